The maximum atomic E-state index is 12.9. The van der Waals surface area contributed by atoms with Gasteiger partial charge in [0.25, 0.3) is 0 Å². The summed E-state index contributed by atoms with van der Waals surface area (Å²) in [6, 6.07) is 0. The first-order chi connectivity index (χ1) is 9.30. The van der Waals surface area contributed by atoms with Crippen LogP contribution in [0.4, 0.5) is 0 Å². The normalized spacial score (nSPS) is 24.1. The highest BCUT2D eigenvalue weighted by Gasteiger charge is 2.49. The molecule has 0 aliphatic carbocycles. The van der Waals surface area contributed by atoms with E-state index in [0.29, 0.717) is 5.56 Å². The standard InChI is InChI=1S/C15H19N3O2/c1-14(2)7-11(15(3,4)20-14)13(19)10-8-17-18-6-5-16-9-12(10)18/h5-6,8-9,11H,7H2,1-4H3. The lowest BCUT2D eigenvalue weighted by atomic mass is 9.82. The molecule has 1 unspecified atom stereocenters. The summed E-state index contributed by atoms with van der Waals surface area (Å²) in [7, 11) is 0. The first kappa shape index (κ1) is 13.2. The number of aromatic nitrogens is 3. The molecule has 5 nitrogen and oxygen atoms in total. The van der Waals surface area contributed by atoms with Crippen molar-refractivity contribution in [2.45, 2.75) is 45.3 Å². The summed E-state index contributed by atoms with van der Waals surface area (Å²) in [5.74, 6) is -0.0747. The molecule has 0 spiro atoms. The van der Waals surface area contributed by atoms with Crippen LogP contribution in [0.1, 0.15) is 44.5 Å². The first-order valence-corrected chi connectivity index (χ1v) is 6.82. The lowest BCUT2D eigenvalue weighted by Crippen LogP contribution is -2.33. The Bertz CT molecular complexity index is 673. The summed E-state index contributed by atoms with van der Waals surface area (Å²) >= 11 is 0. The van der Waals surface area contributed by atoms with Gasteiger partial charge >= 0.3 is 0 Å². The largest absolute Gasteiger partial charge is 0.369 e. The Morgan fingerprint density at radius 1 is 1.35 bits per heavy atom. The number of ether oxygens (including phenoxy) is 1. The Labute approximate surface area is 118 Å². The van der Waals surface area contributed by atoms with Gasteiger partial charge in [-0.2, -0.15) is 5.10 Å². The third-order valence-corrected chi connectivity index (χ3v) is 3.98. The van der Waals surface area contributed by atoms with Crippen molar-refractivity contribution < 1.29 is 9.53 Å². The molecule has 0 saturated carbocycles. The Morgan fingerprint density at radius 2 is 2.10 bits per heavy atom. The van der Waals surface area contributed by atoms with Crippen LogP contribution in [0.5, 0.6) is 0 Å². The molecule has 1 aliphatic heterocycles. The summed E-state index contributed by atoms with van der Waals surface area (Å²) in [6.45, 7) is 8.02. The lowest BCUT2D eigenvalue weighted by Gasteiger charge is -2.26. The molecule has 0 amide bonds. The highest BCUT2D eigenvalue weighted by molar-refractivity contribution is 6.04. The van der Waals surface area contributed by atoms with Crippen molar-refractivity contribution in [2.75, 3.05) is 0 Å². The molecule has 0 bridgehead atoms. The second-order valence-electron chi connectivity index (χ2n) is 6.55. The van der Waals surface area contributed by atoms with Crippen LogP contribution >= 0.6 is 0 Å². The van der Waals surface area contributed by atoms with Crippen LogP contribution in [0, 0.1) is 5.92 Å². The van der Waals surface area contributed by atoms with Crippen LogP contribution < -0.4 is 0 Å². The Kier molecular flexibility index (Phi) is 2.73. The van der Waals surface area contributed by atoms with Gasteiger partial charge in [0.05, 0.1) is 40.6 Å². The second-order valence-corrected chi connectivity index (χ2v) is 6.55. The quantitative estimate of drug-likeness (QED) is 0.789. The van der Waals surface area contributed by atoms with Crippen LogP contribution in [-0.4, -0.2) is 31.6 Å². The average molecular weight is 273 g/mol. The number of carbonyl (C=O) groups excluding carboxylic acids is 1. The monoisotopic (exact) mass is 273 g/mol. The van der Waals surface area contributed by atoms with Gasteiger partial charge in [0.1, 0.15) is 0 Å². The molecule has 1 atom stereocenters. The molecular weight excluding hydrogens is 254 g/mol. The third-order valence-electron chi connectivity index (χ3n) is 3.98. The molecule has 20 heavy (non-hydrogen) atoms. The van der Waals surface area contributed by atoms with Gasteiger partial charge in [-0.1, -0.05) is 0 Å². The van der Waals surface area contributed by atoms with Crippen LogP contribution in [0.15, 0.2) is 24.8 Å². The van der Waals surface area contributed by atoms with Gasteiger partial charge < -0.3 is 4.74 Å². The predicted octanol–water partition coefficient (Wildman–Crippen LogP) is 2.51. The fourth-order valence-corrected chi connectivity index (χ4v) is 3.18. The maximum absolute atomic E-state index is 12.9. The minimum Gasteiger partial charge on any atom is -0.369 e. The summed E-state index contributed by atoms with van der Waals surface area (Å²) in [5, 5.41) is 4.21. The van der Waals surface area contributed by atoms with Gasteiger partial charge in [-0.15, -0.1) is 0 Å². The number of nitrogens with zero attached hydrogens (tertiary/aromatic N) is 3. The maximum Gasteiger partial charge on any atom is 0.172 e. The van der Waals surface area contributed by atoms with E-state index in [0.717, 1.165) is 11.9 Å². The minimum atomic E-state index is -0.461. The highest BCUT2D eigenvalue weighted by Crippen LogP contribution is 2.43. The summed E-state index contributed by atoms with van der Waals surface area (Å²) < 4.78 is 7.69. The summed E-state index contributed by atoms with van der Waals surface area (Å²) in [5.41, 5.74) is 0.637. The lowest BCUT2D eigenvalue weighted by molar-refractivity contribution is -0.0712. The van der Waals surface area contributed by atoms with E-state index in [1.54, 1.807) is 29.3 Å². The zero-order chi connectivity index (χ0) is 14.5. The topological polar surface area (TPSA) is 56.5 Å². The van der Waals surface area contributed by atoms with Crippen molar-refractivity contribution in [1.29, 1.82) is 0 Å². The molecule has 2 aromatic heterocycles. The molecule has 3 heterocycles. The van der Waals surface area contributed by atoms with E-state index in [9.17, 15) is 4.79 Å². The first-order valence-electron chi connectivity index (χ1n) is 6.82. The molecule has 0 radical (unpaired) electrons. The van der Waals surface area contributed by atoms with E-state index in [2.05, 4.69) is 10.1 Å². The van der Waals surface area contributed by atoms with Crippen molar-refractivity contribution in [2.24, 2.45) is 5.92 Å². The van der Waals surface area contributed by atoms with Gasteiger partial charge in [-0.05, 0) is 34.1 Å². The number of hydrogen-bond donors (Lipinski definition) is 0. The molecule has 2 aromatic rings. The van der Waals surface area contributed by atoms with E-state index in [1.165, 1.54) is 0 Å². The van der Waals surface area contributed by atoms with Crippen molar-refractivity contribution in [3.8, 4) is 0 Å². The summed E-state index contributed by atoms with van der Waals surface area (Å²) in [4.78, 5) is 16.9. The van der Waals surface area contributed by atoms with E-state index in [4.69, 9.17) is 4.74 Å². The van der Waals surface area contributed by atoms with Gasteiger partial charge in [-0.25, -0.2) is 4.52 Å². The van der Waals surface area contributed by atoms with Gasteiger partial charge in [0.2, 0.25) is 0 Å². The zero-order valence-electron chi connectivity index (χ0n) is 12.3. The number of Topliss-reactive ketones (excluding diaryl/α,β-unsaturated/α-hetero) is 1. The second kappa shape index (κ2) is 4.12. The van der Waals surface area contributed by atoms with Crippen LogP contribution in [-0.2, 0) is 4.74 Å². The molecule has 106 valence electrons. The van der Waals surface area contributed by atoms with E-state index < -0.39 is 5.60 Å². The van der Waals surface area contributed by atoms with E-state index in [-0.39, 0.29) is 17.3 Å². The van der Waals surface area contributed by atoms with Crippen LogP contribution in [0.3, 0.4) is 0 Å². The Morgan fingerprint density at radius 3 is 2.75 bits per heavy atom. The predicted molar refractivity (Wildman–Crippen MR) is 74.7 cm³/mol. The van der Waals surface area contributed by atoms with Crippen LogP contribution in [0.2, 0.25) is 0 Å². The molecule has 0 aromatic carbocycles. The number of hydrogen-bond acceptors (Lipinski definition) is 4. The molecule has 3 rings (SSSR count). The van der Waals surface area contributed by atoms with Gasteiger partial charge in [0.15, 0.2) is 5.78 Å². The minimum absolute atomic E-state index is 0.0866. The molecule has 1 saturated heterocycles. The van der Waals surface area contributed by atoms with Crippen molar-refractivity contribution in [1.82, 2.24) is 14.6 Å². The van der Waals surface area contributed by atoms with Crippen molar-refractivity contribution in [3.05, 3.63) is 30.4 Å². The molecular formula is C15H19N3O2. The molecule has 5 heteroatoms. The third kappa shape index (κ3) is 2.02. The number of carbonyl (C=O) groups is 1. The van der Waals surface area contributed by atoms with Crippen LogP contribution in [0.25, 0.3) is 5.52 Å². The smallest absolute Gasteiger partial charge is 0.172 e. The molecule has 0 N–H and O–H groups in total. The Balaban J connectivity index is 2.01. The van der Waals surface area contributed by atoms with Crippen molar-refractivity contribution >= 4 is 11.3 Å². The van der Waals surface area contributed by atoms with Gasteiger partial charge in [0, 0.05) is 12.4 Å². The zero-order valence-corrected chi connectivity index (χ0v) is 12.3. The fraction of sp³-hybridized carbons (Fsp3) is 0.533. The summed E-state index contributed by atoms with van der Waals surface area (Å²) in [6.07, 6.45) is 7.41. The van der Waals surface area contributed by atoms with Crippen molar-refractivity contribution in [3.63, 3.8) is 0 Å². The Hall–Kier alpha value is -1.75. The molecule has 1 aliphatic rings. The molecule has 1 fully saturated rings. The average Bonchev–Trinajstić information content (AvgIpc) is 2.86. The van der Waals surface area contributed by atoms with E-state index in [1.807, 2.05) is 27.7 Å². The number of rotatable bonds is 2. The fourth-order valence-electron chi connectivity index (χ4n) is 3.18. The number of ketones is 1. The SMILES string of the molecule is CC1(C)CC(C(=O)c2cnn3ccncc23)C(C)(C)O1. The van der Waals surface area contributed by atoms with Gasteiger partial charge in [-0.3, -0.25) is 9.78 Å². The van der Waals surface area contributed by atoms with E-state index >= 15 is 0 Å². The number of fused-ring (bicyclic) bond motifs is 1. The highest BCUT2D eigenvalue weighted by atomic mass is 16.5.